The molecule has 0 aromatic heterocycles. The van der Waals surface area contributed by atoms with Crippen molar-refractivity contribution in [3.63, 3.8) is 0 Å². The van der Waals surface area contributed by atoms with Crippen molar-refractivity contribution in [2.24, 2.45) is 0 Å². The number of carbonyl (C=O) groups is 1. The summed E-state index contributed by atoms with van der Waals surface area (Å²) in [6.45, 7) is 1.88. The zero-order valence-corrected chi connectivity index (χ0v) is 15.1. The van der Waals surface area contributed by atoms with Gasteiger partial charge in [0.15, 0.2) is 0 Å². The highest BCUT2D eigenvalue weighted by Crippen LogP contribution is 2.30. The minimum absolute atomic E-state index is 0.241. The van der Waals surface area contributed by atoms with Gasteiger partial charge >= 0.3 is 0 Å². The number of methoxy groups -OCH3 is 4. The van der Waals surface area contributed by atoms with Crippen LogP contribution in [-0.4, -0.2) is 34.3 Å². The monoisotopic (exact) mass is 345 g/mol. The summed E-state index contributed by atoms with van der Waals surface area (Å²) in [5, 5.41) is 2.96. The smallest absolute Gasteiger partial charge is 0.252 e. The van der Waals surface area contributed by atoms with Crippen LogP contribution in [0.5, 0.6) is 23.0 Å². The van der Waals surface area contributed by atoms with Gasteiger partial charge in [0.2, 0.25) is 0 Å². The zero-order valence-electron chi connectivity index (χ0n) is 15.1. The van der Waals surface area contributed by atoms with Crippen molar-refractivity contribution in [1.29, 1.82) is 0 Å². The zero-order chi connectivity index (χ0) is 18.4. The van der Waals surface area contributed by atoms with E-state index in [0.29, 0.717) is 28.6 Å². The summed E-state index contributed by atoms with van der Waals surface area (Å²) < 4.78 is 21.0. The van der Waals surface area contributed by atoms with E-state index in [1.54, 1.807) is 46.6 Å². The van der Waals surface area contributed by atoms with E-state index in [1.807, 2.05) is 25.1 Å². The third kappa shape index (κ3) is 4.35. The van der Waals surface area contributed by atoms with E-state index < -0.39 is 0 Å². The molecule has 0 aliphatic rings. The van der Waals surface area contributed by atoms with Gasteiger partial charge in [0.05, 0.1) is 34.5 Å². The van der Waals surface area contributed by atoms with Crippen molar-refractivity contribution in [2.45, 2.75) is 13.0 Å². The van der Waals surface area contributed by atoms with E-state index in [2.05, 4.69) is 5.32 Å². The van der Waals surface area contributed by atoms with E-state index in [4.69, 9.17) is 18.9 Å². The Morgan fingerprint density at radius 2 is 1.44 bits per heavy atom. The van der Waals surface area contributed by atoms with Crippen LogP contribution in [0.1, 0.15) is 28.9 Å². The van der Waals surface area contributed by atoms with Crippen LogP contribution in [0.2, 0.25) is 0 Å². The number of hydrogen-bond acceptors (Lipinski definition) is 5. The Morgan fingerprint density at radius 3 is 1.96 bits per heavy atom. The Kier molecular flexibility index (Phi) is 6.11. The Labute approximate surface area is 147 Å². The highest BCUT2D eigenvalue weighted by molar-refractivity contribution is 5.95. The van der Waals surface area contributed by atoms with Crippen LogP contribution in [0.15, 0.2) is 36.4 Å². The first-order chi connectivity index (χ1) is 12.0. The lowest BCUT2D eigenvalue weighted by atomic mass is 10.1. The number of amides is 1. The molecule has 0 radical (unpaired) electrons. The lowest BCUT2D eigenvalue weighted by Crippen LogP contribution is -2.27. The fourth-order valence-electron chi connectivity index (χ4n) is 2.47. The first-order valence-corrected chi connectivity index (χ1v) is 7.78. The van der Waals surface area contributed by atoms with Crippen molar-refractivity contribution >= 4 is 5.91 Å². The molecule has 0 saturated carbocycles. The molecule has 0 spiro atoms. The Balaban J connectivity index is 2.26. The second-order valence-corrected chi connectivity index (χ2v) is 5.40. The van der Waals surface area contributed by atoms with Gasteiger partial charge in [0.1, 0.15) is 23.0 Å². The Morgan fingerprint density at radius 1 is 0.840 bits per heavy atom. The number of rotatable bonds is 7. The quantitative estimate of drug-likeness (QED) is 0.835. The SMILES string of the molecule is COc1cc(OC)cc(C(=O)N[C@@H](C)c2cc(OC)ccc2OC)c1. The molecule has 0 fully saturated rings. The molecular formula is C19H23NO5. The largest absolute Gasteiger partial charge is 0.497 e. The lowest BCUT2D eigenvalue weighted by molar-refractivity contribution is 0.0938. The molecule has 0 unspecified atom stereocenters. The minimum Gasteiger partial charge on any atom is -0.497 e. The predicted octanol–water partition coefficient (Wildman–Crippen LogP) is 3.21. The lowest BCUT2D eigenvalue weighted by Gasteiger charge is -2.18. The molecule has 6 nitrogen and oxygen atoms in total. The summed E-state index contributed by atoms with van der Waals surface area (Å²) in [5.74, 6) is 2.23. The number of nitrogens with one attached hydrogen (secondary N) is 1. The first kappa shape index (κ1) is 18.4. The molecule has 0 aliphatic heterocycles. The molecule has 1 N–H and O–H groups in total. The van der Waals surface area contributed by atoms with Gasteiger partial charge in [0.25, 0.3) is 5.91 Å². The maximum atomic E-state index is 12.6. The van der Waals surface area contributed by atoms with Crippen LogP contribution in [0.25, 0.3) is 0 Å². The van der Waals surface area contributed by atoms with Crippen LogP contribution >= 0.6 is 0 Å². The van der Waals surface area contributed by atoms with Crippen molar-refractivity contribution in [1.82, 2.24) is 5.32 Å². The van der Waals surface area contributed by atoms with Gasteiger partial charge in [-0.2, -0.15) is 0 Å². The highest BCUT2D eigenvalue weighted by Gasteiger charge is 2.17. The van der Waals surface area contributed by atoms with E-state index in [9.17, 15) is 4.79 Å². The summed E-state index contributed by atoms with van der Waals surface area (Å²) in [7, 11) is 6.27. The van der Waals surface area contributed by atoms with Gasteiger partial charge < -0.3 is 24.3 Å². The van der Waals surface area contributed by atoms with Gasteiger partial charge in [-0.05, 0) is 37.3 Å². The molecule has 2 aromatic rings. The molecule has 6 heteroatoms. The maximum absolute atomic E-state index is 12.6. The second kappa shape index (κ2) is 8.28. The van der Waals surface area contributed by atoms with Gasteiger partial charge in [-0.3, -0.25) is 4.79 Å². The average molecular weight is 345 g/mol. The minimum atomic E-state index is -0.283. The molecular weight excluding hydrogens is 322 g/mol. The van der Waals surface area contributed by atoms with Gasteiger partial charge in [-0.15, -0.1) is 0 Å². The average Bonchev–Trinajstić information content (AvgIpc) is 2.66. The van der Waals surface area contributed by atoms with Crippen molar-refractivity contribution in [2.75, 3.05) is 28.4 Å². The van der Waals surface area contributed by atoms with Crippen LogP contribution in [0, 0.1) is 0 Å². The van der Waals surface area contributed by atoms with Crippen LogP contribution in [0.4, 0.5) is 0 Å². The molecule has 2 rings (SSSR count). The summed E-state index contributed by atoms with van der Waals surface area (Å²) in [5.41, 5.74) is 1.27. The van der Waals surface area contributed by atoms with E-state index in [0.717, 1.165) is 5.56 Å². The van der Waals surface area contributed by atoms with Gasteiger partial charge in [-0.25, -0.2) is 0 Å². The summed E-state index contributed by atoms with van der Waals surface area (Å²) in [6, 6.07) is 10.2. The van der Waals surface area contributed by atoms with E-state index >= 15 is 0 Å². The normalized spacial score (nSPS) is 11.4. The third-order valence-electron chi connectivity index (χ3n) is 3.86. The summed E-state index contributed by atoms with van der Waals surface area (Å²) in [4.78, 5) is 12.6. The van der Waals surface area contributed by atoms with Crippen molar-refractivity contribution in [3.05, 3.63) is 47.5 Å². The van der Waals surface area contributed by atoms with Gasteiger partial charge in [0, 0.05) is 17.2 Å². The molecule has 0 heterocycles. The van der Waals surface area contributed by atoms with Gasteiger partial charge in [-0.1, -0.05) is 0 Å². The Hall–Kier alpha value is -2.89. The molecule has 1 amide bonds. The maximum Gasteiger partial charge on any atom is 0.252 e. The first-order valence-electron chi connectivity index (χ1n) is 7.78. The summed E-state index contributed by atoms with van der Waals surface area (Å²) in [6.07, 6.45) is 0. The molecule has 0 aliphatic carbocycles. The summed E-state index contributed by atoms with van der Waals surface area (Å²) >= 11 is 0. The predicted molar refractivity (Wildman–Crippen MR) is 95.0 cm³/mol. The molecule has 25 heavy (non-hydrogen) atoms. The van der Waals surface area contributed by atoms with Crippen LogP contribution in [0.3, 0.4) is 0 Å². The Bertz CT molecular complexity index is 722. The fourth-order valence-corrected chi connectivity index (χ4v) is 2.47. The number of carbonyl (C=O) groups excluding carboxylic acids is 1. The van der Waals surface area contributed by atoms with Crippen LogP contribution in [-0.2, 0) is 0 Å². The molecule has 0 bridgehead atoms. The van der Waals surface area contributed by atoms with Crippen LogP contribution < -0.4 is 24.3 Å². The standard InChI is InChI=1S/C19H23NO5/c1-12(17-11-14(22-2)6-7-18(17)25-5)20-19(21)13-8-15(23-3)10-16(9-13)24-4/h6-12H,1-5H3,(H,20,21)/t12-/m0/s1. The number of benzene rings is 2. The second-order valence-electron chi connectivity index (χ2n) is 5.40. The molecule has 0 saturated heterocycles. The topological polar surface area (TPSA) is 66.0 Å². The van der Waals surface area contributed by atoms with Crippen molar-refractivity contribution < 1.29 is 23.7 Å². The molecule has 2 aromatic carbocycles. The van der Waals surface area contributed by atoms with Crippen molar-refractivity contribution in [3.8, 4) is 23.0 Å². The highest BCUT2D eigenvalue weighted by atomic mass is 16.5. The third-order valence-corrected chi connectivity index (χ3v) is 3.86. The molecule has 1 atom stereocenters. The number of ether oxygens (including phenoxy) is 4. The van der Waals surface area contributed by atoms with E-state index in [-0.39, 0.29) is 11.9 Å². The van der Waals surface area contributed by atoms with E-state index in [1.165, 1.54) is 0 Å². The fraction of sp³-hybridized carbons (Fsp3) is 0.316. The molecule has 134 valence electrons. The number of hydrogen-bond donors (Lipinski definition) is 1.